The maximum absolute atomic E-state index is 5.72. The molecule has 0 radical (unpaired) electrons. The average Bonchev–Trinajstić information content (AvgIpc) is 1.99. The second-order valence-corrected chi connectivity index (χ2v) is 4.40. The lowest BCUT2D eigenvalue weighted by Crippen LogP contribution is -2.05. The molecule has 0 heterocycles. The Balaban J connectivity index is 3.21. The summed E-state index contributed by atoms with van der Waals surface area (Å²) in [6.07, 6.45) is 0. The number of anilines is 1. The largest absolute Gasteiger partial charge is 0.397 e. The number of halogens is 2. The van der Waals surface area contributed by atoms with Crippen molar-refractivity contribution in [2.75, 3.05) is 5.73 Å². The lowest BCUT2D eigenvalue weighted by Gasteiger charge is -2.09. The summed E-state index contributed by atoms with van der Waals surface area (Å²) < 4.78 is 1.76. The predicted octanol–water partition coefficient (Wildman–Crippen LogP) is 2.81. The van der Waals surface area contributed by atoms with Crippen LogP contribution in [0.1, 0.15) is 18.5 Å². The smallest absolute Gasteiger partial charge is 0.0603 e. The summed E-state index contributed by atoms with van der Waals surface area (Å²) in [7, 11) is 0. The first-order chi connectivity index (χ1) is 5.52. The van der Waals surface area contributed by atoms with Crippen LogP contribution in [0.3, 0.4) is 0 Å². The Kier molecular flexibility index (Phi) is 3.15. The topological polar surface area (TPSA) is 52.0 Å². The molecular formula is C8H10Br2N2. The van der Waals surface area contributed by atoms with Crippen molar-refractivity contribution >= 4 is 37.5 Å². The van der Waals surface area contributed by atoms with Crippen molar-refractivity contribution in [2.45, 2.75) is 13.0 Å². The summed E-state index contributed by atoms with van der Waals surface area (Å²) in [4.78, 5) is 0. The highest BCUT2D eigenvalue weighted by molar-refractivity contribution is 9.11. The molecule has 1 aromatic carbocycles. The van der Waals surface area contributed by atoms with Gasteiger partial charge >= 0.3 is 0 Å². The highest BCUT2D eigenvalue weighted by Crippen LogP contribution is 2.31. The maximum Gasteiger partial charge on any atom is 0.0603 e. The number of benzene rings is 1. The van der Waals surface area contributed by atoms with Gasteiger partial charge in [-0.3, -0.25) is 0 Å². The Morgan fingerprint density at radius 2 is 1.67 bits per heavy atom. The van der Waals surface area contributed by atoms with Gasteiger partial charge in [-0.2, -0.15) is 0 Å². The molecule has 0 aromatic heterocycles. The molecule has 0 saturated heterocycles. The number of nitrogen functional groups attached to an aromatic ring is 1. The molecule has 0 bridgehead atoms. The van der Waals surface area contributed by atoms with Crippen LogP contribution in [-0.2, 0) is 0 Å². The summed E-state index contributed by atoms with van der Waals surface area (Å²) in [5.41, 5.74) is 13.2. The molecule has 4 heteroatoms. The van der Waals surface area contributed by atoms with Crippen molar-refractivity contribution in [3.05, 3.63) is 26.6 Å². The Hall–Kier alpha value is -0.0600. The first-order valence-electron chi connectivity index (χ1n) is 3.52. The highest BCUT2D eigenvalue weighted by atomic mass is 79.9. The first-order valence-corrected chi connectivity index (χ1v) is 5.11. The summed E-state index contributed by atoms with van der Waals surface area (Å²) in [5, 5.41) is 0. The molecular weight excluding hydrogens is 284 g/mol. The van der Waals surface area contributed by atoms with Gasteiger partial charge in [-0.25, -0.2) is 0 Å². The van der Waals surface area contributed by atoms with Crippen molar-refractivity contribution in [1.29, 1.82) is 0 Å². The van der Waals surface area contributed by atoms with Crippen LogP contribution in [0.25, 0.3) is 0 Å². The number of hydrogen-bond donors (Lipinski definition) is 2. The van der Waals surface area contributed by atoms with E-state index >= 15 is 0 Å². The zero-order chi connectivity index (χ0) is 9.30. The molecule has 1 rings (SSSR count). The van der Waals surface area contributed by atoms with Gasteiger partial charge in [0.25, 0.3) is 0 Å². The molecule has 2 nitrogen and oxygen atoms in total. The normalized spacial score (nSPS) is 13.0. The van der Waals surface area contributed by atoms with E-state index in [1.165, 1.54) is 0 Å². The molecule has 12 heavy (non-hydrogen) atoms. The third-order valence-electron chi connectivity index (χ3n) is 1.63. The summed E-state index contributed by atoms with van der Waals surface area (Å²) in [6, 6.07) is 3.90. The fraction of sp³-hybridized carbons (Fsp3) is 0.250. The average molecular weight is 294 g/mol. The molecule has 0 saturated carbocycles. The predicted molar refractivity (Wildman–Crippen MR) is 58.9 cm³/mol. The minimum Gasteiger partial charge on any atom is -0.397 e. The monoisotopic (exact) mass is 292 g/mol. The lowest BCUT2D eigenvalue weighted by atomic mass is 10.1. The van der Waals surface area contributed by atoms with E-state index in [0.29, 0.717) is 5.69 Å². The van der Waals surface area contributed by atoms with E-state index in [1.807, 2.05) is 19.1 Å². The summed E-state index contributed by atoms with van der Waals surface area (Å²) >= 11 is 6.71. The minimum absolute atomic E-state index is 0.0261. The second kappa shape index (κ2) is 3.77. The molecule has 0 aliphatic heterocycles. The Morgan fingerprint density at radius 3 is 2.00 bits per heavy atom. The van der Waals surface area contributed by atoms with Gasteiger partial charge in [0, 0.05) is 15.0 Å². The standard InChI is InChI=1S/C8H10Br2N2/c1-4(11)5-2-6(9)8(12)7(10)3-5/h2-4H,11-12H2,1H3/t4-/m1/s1. The SMILES string of the molecule is C[C@@H](N)c1cc(Br)c(N)c(Br)c1. The van der Waals surface area contributed by atoms with E-state index in [1.54, 1.807) is 0 Å². The third kappa shape index (κ3) is 2.00. The van der Waals surface area contributed by atoms with Gasteiger partial charge in [0.15, 0.2) is 0 Å². The molecule has 0 amide bonds. The Morgan fingerprint density at radius 1 is 1.25 bits per heavy atom. The van der Waals surface area contributed by atoms with Gasteiger partial charge in [-0.1, -0.05) is 0 Å². The zero-order valence-corrected chi connectivity index (χ0v) is 9.81. The Bertz CT molecular complexity index is 274. The molecule has 0 fully saturated rings. The quantitative estimate of drug-likeness (QED) is 0.782. The number of nitrogens with two attached hydrogens (primary N) is 2. The van der Waals surface area contributed by atoms with E-state index in [2.05, 4.69) is 31.9 Å². The van der Waals surface area contributed by atoms with Crippen molar-refractivity contribution in [1.82, 2.24) is 0 Å². The van der Waals surface area contributed by atoms with Crippen LogP contribution in [-0.4, -0.2) is 0 Å². The molecule has 4 N–H and O–H groups in total. The van der Waals surface area contributed by atoms with Gasteiger partial charge in [0.05, 0.1) is 5.69 Å². The van der Waals surface area contributed by atoms with Crippen molar-refractivity contribution in [3.63, 3.8) is 0 Å². The van der Waals surface area contributed by atoms with Crippen LogP contribution in [0.15, 0.2) is 21.1 Å². The molecule has 0 aliphatic carbocycles. The van der Waals surface area contributed by atoms with Crippen LogP contribution in [0.5, 0.6) is 0 Å². The molecule has 66 valence electrons. The van der Waals surface area contributed by atoms with Gasteiger partial charge in [-0.15, -0.1) is 0 Å². The van der Waals surface area contributed by atoms with E-state index in [4.69, 9.17) is 11.5 Å². The third-order valence-corrected chi connectivity index (χ3v) is 2.94. The fourth-order valence-electron chi connectivity index (χ4n) is 0.867. The summed E-state index contributed by atoms with van der Waals surface area (Å²) in [5.74, 6) is 0. The molecule has 1 aromatic rings. The van der Waals surface area contributed by atoms with Gasteiger partial charge < -0.3 is 11.5 Å². The highest BCUT2D eigenvalue weighted by Gasteiger charge is 2.06. The zero-order valence-electron chi connectivity index (χ0n) is 6.64. The molecule has 0 unspecified atom stereocenters. The summed E-state index contributed by atoms with van der Waals surface area (Å²) in [6.45, 7) is 1.93. The number of hydrogen-bond acceptors (Lipinski definition) is 2. The van der Waals surface area contributed by atoms with Crippen LogP contribution < -0.4 is 11.5 Å². The van der Waals surface area contributed by atoms with E-state index < -0.39 is 0 Å². The maximum atomic E-state index is 5.72. The molecule has 0 aliphatic rings. The second-order valence-electron chi connectivity index (χ2n) is 2.69. The Labute approximate surface area is 88.6 Å². The fourth-order valence-corrected chi connectivity index (χ4v) is 2.09. The van der Waals surface area contributed by atoms with E-state index in [-0.39, 0.29) is 6.04 Å². The number of rotatable bonds is 1. The van der Waals surface area contributed by atoms with Crippen molar-refractivity contribution in [2.24, 2.45) is 5.73 Å². The van der Waals surface area contributed by atoms with Crippen LogP contribution in [0.2, 0.25) is 0 Å². The first kappa shape index (κ1) is 10.0. The van der Waals surface area contributed by atoms with E-state index in [0.717, 1.165) is 14.5 Å². The van der Waals surface area contributed by atoms with E-state index in [9.17, 15) is 0 Å². The van der Waals surface area contributed by atoms with Gasteiger partial charge in [-0.05, 0) is 56.5 Å². The van der Waals surface area contributed by atoms with Gasteiger partial charge in [0.2, 0.25) is 0 Å². The minimum atomic E-state index is 0.0261. The lowest BCUT2D eigenvalue weighted by molar-refractivity contribution is 0.817. The van der Waals surface area contributed by atoms with Crippen LogP contribution in [0.4, 0.5) is 5.69 Å². The molecule has 1 atom stereocenters. The van der Waals surface area contributed by atoms with Crippen molar-refractivity contribution in [3.8, 4) is 0 Å². The van der Waals surface area contributed by atoms with Crippen LogP contribution in [0, 0.1) is 0 Å². The van der Waals surface area contributed by atoms with Crippen LogP contribution >= 0.6 is 31.9 Å². The van der Waals surface area contributed by atoms with Gasteiger partial charge in [0.1, 0.15) is 0 Å². The molecule has 0 spiro atoms. The van der Waals surface area contributed by atoms with Crippen molar-refractivity contribution < 1.29 is 0 Å².